The maximum absolute atomic E-state index is 11.7. The lowest BCUT2D eigenvalue weighted by Gasteiger charge is -2.09. The van der Waals surface area contributed by atoms with Gasteiger partial charge in [-0.2, -0.15) is 0 Å². The number of hydrogen-bond donors (Lipinski definition) is 0. The molecular formula is C12H11NO. The summed E-state index contributed by atoms with van der Waals surface area (Å²) in [7, 11) is 1.74. The molecule has 2 aliphatic rings. The van der Waals surface area contributed by atoms with E-state index in [1.54, 1.807) is 11.9 Å². The van der Waals surface area contributed by atoms with E-state index < -0.39 is 0 Å². The molecule has 1 aliphatic carbocycles. The van der Waals surface area contributed by atoms with Crippen molar-refractivity contribution in [2.75, 3.05) is 7.05 Å². The van der Waals surface area contributed by atoms with E-state index in [2.05, 4.69) is 6.58 Å². The van der Waals surface area contributed by atoms with Crippen molar-refractivity contribution < 1.29 is 4.79 Å². The molecule has 0 aromatic carbocycles. The lowest BCUT2D eigenvalue weighted by molar-refractivity contribution is -0.122. The van der Waals surface area contributed by atoms with Gasteiger partial charge in [-0.05, 0) is 6.08 Å². The molecule has 1 heterocycles. The molecule has 0 atom stereocenters. The van der Waals surface area contributed by atoms with E-state index in [9.17, 15) is 4.79 Å². The minimum Gasteiger partial charge on any atom is -0.311 e. The fourth-order valence-electron chi connectivity index (χ4n) is 1.53. The fourth-order valence-corrected chi connectivity index (χ4v) is 1.53. The number of carbonyl (C=O) groups excluding carboxylic acids is 1. The molecule has 1 aliphatic heterocycles. The topological polar surface area (TPSA) is 20.3 Å². The Hall–Kier alpha value is -1.83. The van der Waals surface area contributed by atoms with E-state index in [1.807, 2.05) is 36.5 Å². The Bertz CT molecular complexity index is 384. The normalized spacial score (nSPS) is 20.2. The number of nitrogens with zero attached hydrogens (tertiary/aromatic N) is 1. The van der Waals surface area contributed by atoms with Gasteiger partial charge in [0.1, 0.15) is 0 Å². The van der Waals surface area contributed by atoms with Crippen LogP contribution in [-0.2, 0) is 4.79 Å². The Morgan fingerprint density at radius 2 is 1.64 bits per heavy atom. The Morgan fingerprint density at radius 3 is 2.29 bits per heavy atom. The van der Waals surface area contributed by atoms with Gasteiger partial charge >= 0.3 is 0 Å². The highest BCUT2D eigenvalue weighted by Crippen LogP contribution is 2.29. The number of likely N-dealkylation sites (N-methyl/N-ethyl adjacent to an activating group) is 1. The molecule has 2 nitrogen and oxygen atoms in total. The summed E-state index contributed by atoms with van der Waals surface area (Å²) in [5.74, 6) is 0.0150. The largest absolute Gasteiger partial charge is 0.311 e. The molecule has 0 saturated heterocycles. The minimum atomic E-state index is 0.0150. The molecule has 0 fully saturated rings. The van der Waals surface area contributed by atoms with Crippen LogP contribution in [0, 0.1) is 0 Å². The number of carbonyl (C=O) groups is 1. The highest BCUT2D eigenvalue weighted by atomic mass is 16.2. The van der Waals surface area contributed by atoms with E-state index >= 15 is 0 Å². The molecule has 0 saturated carbocycles. The van der Waals surface area contributed by atoms with Gasteiger partial charge in [-0.1, -0.05) is 37.0 Å². The van der Waals surface area contributed by atoms with E-state index in [1.165, 1.54) is 0 Å². The van der Waals surface area contributed by atoms with Gasteiger partial charge in [-0.25, -0.2) is 0 Å². The summed E-state index contributed by atoms with van der Waals surface area (Å²) in [5.41, 5.74) is 2.40. The molecule has 0 unspecified atom stereocenters. The summed E-state index contributed by atoms with van der Waals surface area (Å²) < 4.78 is 0. The molecule has 0 aromatic rings. The second-order valence-corrected chi connectivity index (χ2v) is 3.24. The van der Waals surface area contributed by atoms with Crippen LogP contribution in [0.1, 0.15) is 0 Å². The molecule has 0 spiro atoms. The molecule has 0 N–H and O–H groups in total. The van der Waals surface area contributed by atoms with E-state index in [0.717, 1.165) is 16.8 Å². The Morgan fingerprint density at radius 1 is 1.07 bits per heavy atom. The van der Waals surface area contributed by atoms with Gasteiger partial charge in [0.2, 0.25) is 0 Å². The fraction of sp³-hybridized carbons (Fsp3) is 0.0833. The van der Waals surface area contributed by atoms with Crippen molar-refractivity contribution in [3.63, 3.8) is 0 Å². The molecular weight excluding hydrogens is 174 g/mol. The molecule has 14 heavy (non-hydrogen) atoms. The van der Waals surface area contributed by atoms with Gasteiger partial charge in [0.15, 0.2) is 0 Å². The maximum atomic E-state index is 11.7. The van der Waals surface area contributed by atoms with Crippen LogP contribution in [0.15, 0.2) is 59.9 Å². The van der Waals surface area contributed by atoms with Crippen molar-refractivity contribution in [1.82, 2.24) is 4.90 Å². The molecule has 2 heteroatoms. The summed E-state index contributed by atoms with van der Waals surface area (Å²) in [6, 6.07) is 0. The average molecular weight is 185 g/mol. The number of rotatable bonds is 0. The lowest BCUT2D eigenvalue weighted by Crippen LogP contribution is -2.19. The van der Waals surface area contributed by atoms with Crippen molar-refractivity contribution in [2.45, 2.75) is 0 Å². The zero-order chi connectivity index (χ0) is 10.1. The monoisotopic (exact) mass is 185 g/mol. The van der Waals surface area contributed by atoms with Crippen LogP contribution in [0.5, 0.6) is 0 Å². The van der Waals surface area contributed by atoms with E-state index in [-0.39, 0.29) is 5.91 Å². The summed E-state index contributed by atoms with van der Waals surface area (Å²) in [5, 5.41) is 0. The summed E-state index contributed by atoms with van der Waals surface area (Å²) in [4.78, 5) is 13.3. The second kappa shape index (κ2) is 3.14. The first-order chi connectivity index (χ1) is 6.72. The Labute approximate surface area is 83.2 Å². The third-order valence-corrected chi connectivity index (χ3v) is 2.40. The molecule has 0 bridgehead atoms. The maximum Gasteiger partial charge on any atom is 0.258 e. The van der Waals surface area contributed by atoms with Crippen LogP contribution in [0.4, 0.5) is 0 Å². The van der Waals surface area contributed by atoms with Crippen molar-refractivity contribution in [3.8, 4) is 0 Å². The summed E-state index contributed by atoms with van der Waals surface area (Å²) in [6.45, 7) is 3.88. The summed E-state index contributed by atoms with van der Waals surface area (Å²) in [6.07, 6.45) is 11.3. The number of hydrogen-bond acceptors (Lipinski definition) is 1. The quantitative estimate of drug-likeness (QED) is 0.565. The van der Waals surface area contributed by atoms with Crippen LogP contribution in [0.25, 0.3) is 0 Å². The number of allylic oxidation sites excluding steroid dienone is 5. The summed E-state index contributed by atoms with van der Waals surface area (Å²) >= 11 is 0. The highest BCUT2D eigenvalue weighted by Gasteiger charge is 2.27. The molecule has 1 amide bonds. The zero-order valence-corrected chi connectivity index (χ0v) is 8.03. The zero-order valence-electron chi connectivity index (χ0n) is 8.03. The Balaban J connectivity index is 2.54. The molecule has 0 radical (unpaired) electrons. The van der Waals surface area contributed by atoms with Crippen molar-refractivity contribution in [1.29, 1.82) is 0 Å². The molecule has 70 valence electrons. The van der Waals surface area contributed by atoms with Gasteiger partial charge in [0.05, 0.1) is 0 Å². The second-order valence-electron chi connectivity index (χ2n) is 3.24. The minimum absolute atomic E-state index is 0.0150. The van der Waals surface area contributed by atoms with Crippen molar-refractivity contribution in [2.24, 2.45) is 0 Å². The van der Waals surface area contributed by atoms with E-state index in [4.69, 9.17) is 0 Å². The van der Waals surface area contributed by atoms with Crippen molar-refractivity contribution >= 4 is 5.91 Å². The van der Waals surface area contributed by atoms with Gasteiger partial charge in [-0.3, -0.25) is 4.79 Å². The van der Waals surface area contributed by atoms with Crippen LogP contribution in [0.2, 0.25) is 0 Å². The van der Waals surface area contributed by atoms with Crippen molar-refractivity contribution in [3.05, 3.63) is 59.9 Å². The van der Waals surface area contributed by atoms with Gasteiger partial charge in [0, 0.05) is 23.9 Å². The smallest absolute Gasteiger partial charge is 0.258 e. The van der Waals surface area contributed by atoms with Gasteiger partial charge < -0.3 is 4.90 Å². The lowest BCUT2D eigenvalue weighted by atomic mass is 10.1. The van der Waals surface area contributed by atoms with Crippen LogP contribution >= 0.6 is 0 Å². The predicted molar refractivity (Wildman–Crippen MR) is 56.4 cm³/mol. The first-order valence-electron chi connectivity index (χ1n) is 4.45. The molecule has 2 rings (SSSR count). The highest BCUT2D eigenvalue weighted by molar-refractivity contribution is 6.03. The third-order valence-electron chi connectivity index (χ3n) is 2.40. The molecule has 0 aromatic heterocycles. The first-order valence-corrected chi connectivity index (χ1v) is 4.45. The Kier molecular flexibility index (Phi) is 1.97. The first kappa shape index (κ1) is 8.75. The standard InChI is InChI=1S/C12H11NO/c1-9-10-7-5-3-4-6-8-11(10)12(14)13(9)2/h3-8H,1H2,2H3. The predicted octanol–water partition coefficient (Wildman–Crippen LogP) is 1.95. The van der Waals surface area contributed by atoms with Crippen LogP contribution < -0.4 is 0 Å². The van der Waals surface area contributed by atoms with Crippen LogP contribution in [-0.4, -0.2) is 17.9 Å². The van der Waals surface area contributed by atoms with E-state index in [0.29, 0.717) is 0 Å². The number of amides is 1. The van der Waals surface area contributed by atoms with Gasteiger partial charge in [-0.15, -0.1) is 0 Å². The average Bonchev–Trinajstić information content (AvgIpc) is 2.31. The van der Waals surface area contributed by atoms with Crippen LogP contribution in [0.3, 0.4) is 0 Å². The SMILES string of the molecule is C=C1C2=C(C=CC=CC=C2)C(=O)N1C. The van der Waals surface area contributed by atoms with Gasteiger partial charge in [0.25, 0.3) is 5.91 Å². The third kappa shape index (κ3) is 1.16.